The van der Waals surface area contributed by atoms with Crippen molar-refractivity contribution in [1.82, 2.24) is 4.90 Å². The Morgan fingerprint density at radius 2 is 2.00 bits per heavy atom. The van der Waals surface area contributed by atoms with Gasteiger partial charge in [0.05, 0.1) is 4.90 Å². The largest absolute Gasteiger partial charge is 0.352 e. The molecule has 0 radical (unpaired) electrons. The van der Waals surface area contributed by atoms with Crippen molar-refractivity contribution in [3.8, 4) is 0 Å². The van der Waals surface area contributed by atoms with E-state index in [0.717, 1.165) is 22.2 Å². The van der Waals surface area contributed by atoms with Crippen LogP contribution in [-0.2, 0) is 15.6 Å². The first-order valence-electron chi connectivity index (χ1n) is 4.92. The van der Waals surface area contributed by atoms with Crippen molar-refractivity contribution < 1.29 is 8.42 Å². The molecule has 17 heavy (non-hydrogen) atoms. The Labute approximate surface area is 115 Å². The van der Waals surface area contributed by atoms with E-state index in [4.69, 9.17) is 22.9 Å². The quantitative estimate of drug-likeness (QED) is 0.633. The number of rotatable bonds is 3. The Bertz CT molecular complexity index is 527. The van der Waals surface area contributed by atoms with Gasteiger partial charge in [-0.25, -0.2) is 8.42 Å². The normalized spacial score (nSPS) is 16.5. The van der Waals surface area contributed by atoms with Crippen LogP contribution in [0.2, 0.25) is 0 Å². The van der Waals surface area contributed by atoms with Crippen LogP contribution >= 0.6 is 34.7 Å². The fraction of sp³-hybridized carbons (Fsp3) is 0.300. The highest BCUT2D eigenvalue weighted by Gasteiger charge is 2.17. The molecule has 1 fully saturated rings. The van der Waals surface area contributed by atoms with Gasteiger partial charge < -0.3 is 4.90 Å². The molecule has 0 aliphatic carbocycles. The van der Waals surface area contributed by atoms with Crippen molar-refractivity contribution in [2.24, 2.45) is 0 Å². The zero-order chi connectivity index (χ0) is 12.5. The summed E-state index contributed by atoms with van der Waals surface area (Å²) in [6.07, 6.45) is 0. The molecule has 0 unspecified atom stereocenters. The summed E-state index contributed by atoms with van der Waals surface area (Å²) in [5, 5.41) is 0. The lowest BCUT2D eigenvalue weighted by atomic mass is 10.2. The molecule has 0 N–H and O–H groups in total. The van der Waals surface area contributed by atoms with E-state index in [1.807, 2.05) is 0 Å². The molecule has 1 aliphatic heterocycles. The van der Waals surface area contributed by atoms with E-state index in [9.17, 15) is 8.42 Å². The number of benzene rings is 1. The third-order valence-electron chi connectivity index (χ3n) is 2.42. The number of thiocarbonyl (C=S) groups is 1. The van der Waals surface area contributed by atoms with Crippen molar-refractivity contribution >= 4 is 48.0 Å². The van der Waals surface area contributed by atoms with Crippen LogP contribution in [0.25, 0.3) is 0 Å². The van der Waals surface area contributed by atoms with E-state index < -0.39 is 9.05 Å². The number of hydrogen-bond acceptors (Lipinski definition) is 4. The third-order valence-corrected chi connectivity index (χ3v) is 5.30. The molecule has 0 bridgehead atoms. The molecule has 1 heterocycles. The Balaban J connectivity index is 2.11. The Morgan fingerprint density at radius 1 is 1.35 bits per heavy atom. The molecule has 0 atom stereocenters. The molecular formula is C10H10ClNO2S3. The van der Waals surface area contributed by atoms with Crippen LogP contribution in [0.1, 0.15) is 5.56 Å². The first kappa shape index (κ1) is 13.1. The summed E-state index contributed by atoms with van der Waals surface area (Å²) in [6, 6.07) is 6.57. The second kappa shape index (κ2) is 5.14. The van der Waals surface area contributed by atoms with E-state index in [-0.39, 0.29) is 4.90 Å². The molecule has 3 nitrogen and oxygen atoms in total. The zero-order valence-corrected chi connectivity index (χ0v) is 12.0. The van der Waals surface area contributed by atoms with Crippen molar-refractivity contribution in [3.63, 3.8) is 0 Å². The predicted octanol–water partition coefficient (Wildman–Crippen LogP) is 2.45. The summed E-state index contributed by atoms with van der Waals surface area (Å²) in [6.45, 7) is 1.66. The summed E-state index contributed by atoms with van der Waals surface area (Å²) >= 11 is 6.87. The second-order valence-electron chi connectivity index (χ2n) is 3.62. The summed E-state index contributed by atoms with van der Waals surface area (Å²) in [5.41, 5.74) is 1.03. The standard InChI is InChI=1S/C10H10ClNO2S3/c11-17(13,14)9-3-1-8(2-4-9)7-12-5-6-16-10(12)15/h1-4H,5-7H2. The van der Waals surface area contributed by atoms with Gasteiger partial charge in [-0.05, 0) is 17.7 Å². The fourth-order valence-electron chi connectivity index (χ4n) is 1.55. The number of nitrogens with zero attached hydrogens (tertiary/aromatic N) is 1. The average molecular weight is 308 g/mol. The summed E-state index contributed by atoms with van der Waals surface area (Å²) in [4.78, 5) is 2.23. The first-order valence-corrected chi connectivity index (χ1v) is 8.62. The van der Waals surface area contributed by atoms with Crippen LogP contribution in [0, 0.1) is 0 Å². The molecule has 0 spiro atoms. The Morgan fingerprint density at radius 3 is 2.47 bits per heavy atom. The number of halogens is 1. The molecule has 7 heteroatoms. The van der Waals surface area contributed by atoms with E-state index in [0.29, 0.717) is 6.54 Å². The van der Waals surface area contributed by atoms with Crippen LogP contribution < -0.4 is 0 Å². The van der Waals surface area contributed by atoms with Crippen LogP contribution in [0.3, 0.4) is 0 Å². The van der Waals surface area contributed by atoms with Crippen LogP contribution in [-0.4, -0.2) is 29.9 Å². The van der Waals surface area contributed by atoms with Gasteiger partial charge in [0.25, 0.3) is 9.05 Å². The molecule has 1 saturated heterocycles. The highest BCUT2D eigenvalue weighted by Crippen LogP contribution is 2.21. The van der Waals surface area contributed by atoms with Crippen molar-refractivity contribution in [2.75, 3.05) is 12.3 Å². The van der Waals surface area contributed by atoms with E-state index in [1.165, 1.54) is 12.1 Å². The topological polar surface area (TPSA) is 37.4 Å². The van der Waals surface area contributed by atoms with Gasteiger partial charge in [0.2, 0.25) is 0 Å². The molecule has 92 valence electrons. The highest BCUT2D eigenvalue weighted by atomic mass is 35.7. The van der Waals surface area contributed by atoms with Crippen LogP contribution in [0.5, 0.6) is 0 Å². The maximum absolute atomic E-state index is 11.1. The molecule has 0 amide bonds. The predicted molar refractivity (Wildman–Crippen MR) is 74.9 cm³/mol. The van der Waals surface area contributed by atoms with Gasteiger partial charge in [-0.1, -0.05) is 36.1 Å². The molecule has 1 aliphatic rings. The maximum atomic E-state index is 11.1. The molecule has 1 aromatic carbocycles. The van der Waals surface area contributed by atoms with E-state index >= 15 is 0 Å². The van der Waals surface area contributed by atoms with Gasteiger partial charge in [-0.3, -0.25) is 0 Å². The number of hydrogen-bond donors (Lipinski definition) is 0. The molecule has 0 saturated carbocycles. The van der Waals surface area contributed by atoms with Gasteiger partial charge >= 0.3 is 0 Å². The lowest BCUT2D eigenvalue weighted by molar-refractivity contribution is 0.463. The van der Waals surface area contributed by atoms with E-state index in [1.54, 1.807) is 23.9 Å². The Kier molecular flexibility index (Phi) is 3.97. The molecular weight excluding hydrogens is 298 g/mol. The number of thioether (sulfide) groups is 1. The van der Waals surface area contributed by atoms with Gasteiger partial charge in [-0.15, -0.1) is 0 Å². The van der Waals surface area contributed by atoms with Crippen molar-refractivity contribution in [2.45, 2.75) is 11.4 Å². The van der Waals surface area contributed by atoms with Crippen LogP contribution in [0.15, 0.2) is 29.2 Å². The molecule has 2 rings (SSSR count). The van der Waals surface area contributed by atoms with Gasteiger partial charge in [0, 0.05) is 29.5 Å². The zero-order valence-electron chi connectivity index (χ0n) is 8.80. The minimum Gasteiger partial charge on any atom is -0.352 e. The van der Waals surface area contributed by atoms with E-state index in [2.05, 4.69) is 4.90 Å². The SMILES string of the molecule is O=S(=O)(Cl)c1ccc(CN2CCSC2=S)cc1. The Hall–Kier alpha value is -0.300. The third kappa shape index (κ3) is 3.34. The van der Waals surface area contributed by atoms with Crippen molar-refractivity contribution in [3.05, 3.63) is 29.8 Å². The fourth-order valence-corrected chi connectivity index (χ4v) is 3.55. The smallest absolute Gasteiger partial charge is 0.261 e. The van der Waals surface area contributed by atoms with Gasteiger partial charge in [0.1, 0.15) is 4.32 Å². The summed E-state index contributed by atoms with van der Waals surface area (Å²) < 4.78 is 23.0. The average Bonchev–Trinajstić information content (AvgIpc) is 2.64. The molecule has 0 aromatic heterocycles. The van der Waals surface area contributed by atoms with Gasteiger partial charge in [0.15, 0.2) is 0 Å². The maximum Gasteiger partial charge on any atom is 0.261 e. The highest BCUT2D eigenvalue weighted by molar-refractivity contribution is 8.23. The lowest BCUT2D eigenvalue weighted by Crippen LogP contribution is -2.22. The summed E-state index contributed by atoms with van der Waals surface area (Å²) in [7, 11) is 1.61. The lowest BCUT2D eigenvalue weighted by Gasteiger charge is -2.16. The molecule has 1 aromatic rings. The minimum absolute atomic E-state index is 0.126. The van der Waals surface area contributed by atoms with Crippen LogP contribution in [0.4, 0.5) is 0 Å². The second-order valence-corrected chi connectivity index (χ2v) is 7.91. The first-order chi connectivity index (χ1) is 7.97. The van der Waals surface area contributed by atoms with Gasteiger partial charge in [-0.2, -0.15) is 0 Å². The summed E-state index contributed by atoms with van der Waals surface area (Å²) in [5.74, 6) is 1.02. The monoisotopic (exact) mass is 307 g/mol. The minimum atomic E-state index is -3.63. The van der Waals surface area contributed by atoms with Crippen molar-refractivity contribution in [1.29, 1.82) is 0 Å².